The number of carbonyl (C=O) groups excluding carboxylic acids is 1. The molecule has 0 aliphatic carbocycles. The number of ether oxygens (including phenoxy) is 2. The van der Waals surface area contributed by atoms with Crippen molar-refractivity contribution < 1.29 is 14.3 Å². The molecule has 1 aromatic rings. The van der Waals surface area contributed by atoms with Crippen LogP contribution in [0.4, 0.5) is 0 Å². The number of thioether (sulfide) groups is 1. The van der Waals surface area contributed by atoms with Crippen LogP contribution in [0.2, 0.25) is 0 Å². The van der Waals surface area contributed by atoms with Crippen molar-refractivity contribution in [2.24, 2.45) is 0 Å². The Balaban J connectivity index is 2.28. The van der Waals surface area contributed by atoms with Gasteiger partial charge in [0.1, 0.15) is 4.32 Å². The van der Waals surface area contributed by atoms with Crippen molar-refractivity contribution in [1.29, 1.82) is 0 Å². The molecule has 0 bridgehead atoms. The van der Waals surface area contributed by atoms with Gasteiger partial charge < -0.3 is 14.8 Å². The highest BCUT2D eigenvalue weighted by molar-refractivity contribution is 8.26. The molecule has 1 heterocycles. The normalized spacial score (nSPS) is 16.7. The van der Waals surface area contributed by atoms with E-state index in [9.17, 15) is 4.79 Å². The van der Waals surface area contributed by atoms with Crippen molar-refractivity contribution in [3.8, 4) is 11.5 Å². The fourth-order valence-corrected chi connectivity index (χ4v) is 2.74. The van der Waals surface area contributed by atoms with E-state index in [4.69, 9.17) is 21.7 Å². The summed E-state index contributed by atoms with van der Waals surface area (Å²) in [5, 5.41) is 2.58. The van der Waals surface area contributed by atoms with Crippen molar-refractivity contribution in [3.05, 3.63) is 28.7 Å². The summed E-state index contributed by atoms with van der Waals surface area (Å²) >= 11 is 6.21. The molecule has 0 unspecified atom stereocenters. The Hall–Kier alpha value is -1.53. The largest absolute Gasteiger partial charge is 0.493 e. The fourth-order valence-electron chi connectivity index (χ4n) is 1.70. The van der Waals surface area contributed by atoms with Crippen molar-refractivity contribution >= 4 is 40.3 Å². The first-order valence-electron chi connectivity index (χ1n) is 6.09. The predicted molar refractivity (Wildman–Crippen MR) is 85.1 cm³/mol. The molecule has 6 heteroatoms. The van der Waals surface area contributed by atoms with Crippen LogP contribution in [-0.2, 0) is 4.79 Å². The van der Waals surface area contributed by atoms with Gasteiger partial charge in [-0.25, -0.2) is 0 Å². The Kier molecular flexibility index (Phi) is 4.67. The molecule has 0 atom stereocenters. The highest BCUT2D eigenvalue weighted by Gasteiger charge is 2.22. The van der Waals surface area contributed by atoms with Crippen LogP contribution < -0.4 is 14.8 Å². The van der Waals surface area contributed by atoms with E-state index in [0.29, 0.717) is 20.7 Å². The minimum Gasteiger partial charge on any atom is -0.493 e. The van der Waals surface area contributed by atoms with Crippen LogP contribution in [0.3, 0.4) is 0 Å². The van der Waals surface area contributed by atoms with Gasteiger partial charge in [0.15, 0.2) is 11.5 Å². The topological polar surface area (TPSA) is 47.6 Å². The Morgan fingerprint density at radius 1 is 1.35 bits per heavy atom. The van der Waals surface area contributed by atoms with Gasteiger partial charge in [0.05, 0.1) is 18.1 Å². The average molecular weight is 309 g/mol. The Morgan fingerprint density at radius 2 is 2.10 bits per heavy atom. The number of hydrogen-bond acceptors (Lipinski definition) is 5. The molecule has 0 saturated carbocycles. The van der Waals surface area contributed by atoms with Gasteiger partial charge in [-0.05, 0) is 37.6 Å². The molecular weight excluding hydrogens is 294 g/mol. The van der Waals surface area contributed by atoms with E-state index in [0.717, 1.165) is 5.56 Å². The van der Waals surface area contributed by atoms with Gasteiger partial charge in [-0.3, -0.25) is 4.79 Å². The van der Waals surface area contributed by atoms with Crippen LogP contribution in [-0.4, -0.2) is 23.4 Å². The van der Waals surface area contributed by atoms with E-state index < -0.39 is 0 Å². The maximum atomic E-state index is 11.6. The lowest BCUT2D eigenvalue weighted by Crippen LogP contribution is -2.17. The maximum Gasteiger partial charge on any atom is 0.263 e. The smallest absolute Gasteiger partial charge is 0.263 e. The highest BCUT2D eigenvalue weighted by Crippen LogP contribution is 2.32. The van der Waals surface area contributed by atoms with E-state index in [1.165, 1.54) is 11.8 Å². The van der Waals surface area contributed by atoms with E-state index in [-0.39, 0.29) is 12.0 Å². The molecule has 0 radical (unpaired) electrons. The van der Waals surface area contributed by atoms with Gasteiger partial charge in [-0.2, -0.15) is 0 Å². The molecule has 0 spiro atoms. The molecule has 106 valence electrons. The van der Waals surface area contributed by atoms with Gasteiger partial charge in [-0.15, -0.1) is 0 Å². The number of thiocarbonyl (C=S) groups is 1. The third kappa shape index (κ3) is 3.52. The van der Waals surface area contributed by atoms with Crippen LogP contribution in [0.15, 0.2) is 23.1 Å². The molecule has 4 nitrogen and oxygen atoms in total. The Bertz CT molecular complexity index is 582. The second kappa shape index (κ2) is 6.28. The van der Waals surface area contributed by atoms with Crippen molar-refractivity contribution in [2.45, 2.75) is 20.0 Å². The molecule has 0 aromatic heterocycles. The number of amides is 1. The van der Waals surface area contributed by atoms with Crippen molar-refractivity contribution in [3.63, 3.8) is 0 Å². The molecule has 1 N–H and O–H groups in total. The van der Waals surface area contributed by atoms with Crippen LogP contribution in [0.25, 0.3) is 6.08 Å². The molecule has 1 aliphatic rings. The summed E-state index contributed by atoms with van der Waals surface area (Å²) in [5.41, 5.74) is 0.861. The molecule has 1 aromatic carbocycles. The third-order valence-electron chi connectivity index (χ3n) is 2.49. The minimum atomic E-state index is -0.165. The maximum absolute atomic E-state index is 11.6. The van der Waals surface area contributed by atoms with Crippen LogP contribution in [0.5, 0.6) is 11.5 Å². The lowest BCUT2D eigenvalue weighted by atomic mass is 10.2. The zero-order valence-corrected chi connectivity index (χ0v) is 13.1. The summed E-state index contributed by atoms with van der Waals surface area (Å²) in [5.74, 6) is 1.16. The number of benzene rings is 1. The van der Waals surface area contributed by atoms with Crippen LogP contribution in [0.1, 0.15) is 19.4 Å². The molecule has 1 amide bonds. The first kappa shape index (κ1) is 14.9. The van der Waals surface area contributed by atoms with E-state index in [1.807, 2.05) is 32.0 Å². The third-order valence-corrected chi connectivity index (χ3v) is 3.65. The summed E-state index contributed by atoms with van der Waals surface area (Å²) < 4.78 is 11.4. The molecular formula is C14H15NO3S2. The van der Waals surface area contributed by atoms with Gasteiger partial charge in [0.25, 0.3) is 5.91 Å². The average Bonchev–Trinajstić information content (AvgIpc) is 2.69. The number of carbonyl (C=O) groups is 1. The van der Waals surface area contributed by atoms with Crippen molar-refractivity contribution in [2.75, 3.05) is 7.11 Å². The van der Waals surface area contributed by atoms with Gasteiger partial charge in [0, 0.05) is 0 Å². The van der Waals surface area contributed by atoms with Gasteiger partial charge in [-0.1, -0.05) is 30.0 Å². The molecule has 1 aliphatic heterocycles. The number of methoxy groups -OCH3 is 1. The van der Waals surface area contributed by atoms with E-state index >= 15 is 0 Å². The summed E-state index contributed by atoms with van der Waals surface area (Å²) in [7, 11) is 1.59. The van der Waals surface area contributed by atoms with Crippen LogP contribution in [0, 0.1) is 0 Å². The van der Waals surface area contributed by atoms with E-state index in [1.54, 1.807) is 13.2 Å². The summed E-state index contributed by atoms with van der Waals surface area (Å²) in [4.78, 5) is 12.2. The summed E-state index contributed by atoms with van der Waals surface area (Å²) in [6, 6.07) is 5.55. The number of hydrogen-bond donors (Lipinski definition) is 1. The Morgan fingerprint density at radius 3 is 2.65 bits per heavy atom. The second-order valence-electron chi connectivity index (χ2n) is 4.43. The SMILES string of the molecule is COc1cc(/C=C2\SC(=S)NC2=O)ccc1OC(C)C. The molecule has 20 heavy (non-hydrogen) atoms. The Labute approximate surface area is 127 Å². The monoisotopic (exact) mass is 309 g/mol. The van der Waals surface area contributed by atoms with E-state index in [2.05, 4.69) is 5.32 Å². The molecule has 1 saturated heterocycles. The first-order valence-corrected chi connectivity index (χ1v) is 7.31. The van der Waals surface area contributed by atoms with Crippen molar-refractivity contribution in [1.82, 2.24) is 5.32 Å². The predicted octanol–water partition coefficient (Wildman–Crippen LogP) is 2.97. The lowest BCUT2D eigenvalue weighted by molar-refractivity contribution is -0.115. The van der Waals surface area contributed by atoms with Gasteiger partial charge >= 0.3 is 0 Å². The summed E-state index contributed by atoms with van der Waals surface area (Å²) in [6.07, 6.45) is 1.85. The van der Waals surface area contributed by atoms with Crippen LogP contribution >= 0.6 is 24.0 Å². The number of nitrogens with one attached hydrogen (secondary N) is 1. The summed E-state index contributed by atoms with van der Waals surface area (Å²) in [6.45, 7) is 3.91. The molecule has 2 rings (SSSR count). The first-order chi connectivity index (χ1) is 9.49. The fraction of sp³-hybridized carbons (Fsp3) is 0.286. The van der Waals surface area contributed by atoms with Gasteiger partial charge in [0.2, 0.25) is 0 Å². The minimum absolute atomic E-state index is 0.0710. The number of rotatable bonds is 4. The quantitative estimate of drug-likeness (QED) is 0.684. The zero-order valence-electron chi connectivity index (χ0n) is 11.4. The highest BCUT2D eigenvalue weighted by atomic mass is 32.2. The second-order valence-corrected chi connectivity index (χ2v) is 6.15. The molecule has 1 fully saturated rings. The zero-order chi connectivity index (χ0) is 14.7. The standard InChI is InChI=1S/C14H15NO3S2/c1-8(2)18-10-5-4-9(6-11(10)17-3)7-12-13(16)15-14(19)20-12/h4-8H,1-3H3,(H,15,16,19)/b12-7-. The lowest BCUT2D eigenvalue weighted by Gasteiger charge is -2.13.